The van der Waals surface area contributed by atoms with E-state index in [9.17, 15) is 19.7 Å². The van der Waals surface area contributed by atoms with Crippen molar-refractivity contribution in [3.05, 3.63) is 98.2 Å². The van der Waals surface area contributed by atoms with Gasteiger partial charge in [0.25, 0.3) is 11.2 Å². The minimum atomic E-state index is -0.442. The molecule has 7 rings (SSSR count). The van der Waals surface area contributed by atoms with Crippen molar-refractivity contribution in [1.29, 1.82) is 0 Å². The number of hydrogen-bond donors (Lipinski definition) is 2. The molecule has 216 valence electrons. The van der Waals surface area contributed by atoms with E-state index in [1.165, 1.54) is 0 Å². The fourth-order valence-electron chi connectivity index (χ4n) is 7.55. The summed E-state index contributed by atoms with van der Waals surface area (Å²) in [5, 5.41) is 15.0. The lowest BCUT2D eigenvalue weighted by molar-refractivity contribution is -0.384. The maximum atomic E-state index is 14.4. The van der Waals surface area contributed by atoms with Crippen LogP contribution in [0.15, 0.2) is 65.5 Å². The van der Waals surface area contributed by atoms with Crippen molar-refractivity contribution in [2.75, 3.05) is 11.4 Å². The van der Waals surface area contributed by atoms with Gasteiger partial charge in [0.2, 0.25) is 5.91 Å². The first-order valence-corrected chi connectivity index (χ1v) is 14.8. The number of imidazole rings is 1. The first-order chi connectivity index (χ1) is 20.3. The number of nitrogens with one attached hydrogen (secondary N) is 2. The molecule has 2 N–H and O–H groups in total. The Kier molecular flexibility index (Phi) is 6.36. The van der Waals surface area contributed by atoms with Crippen molar-refractivity contribution in [3.8, 4) is 0 Å². The highest BCUT2D eigenvalue weighted by Crippen LogP contribution is 2.48. The molecule has 10 nitrogen and oxygen atoms in total. The molecule has 1 saturated heterocycles. The summed E-state index contributed by atoms with van der Waals surface area (Å²) in [5.41, 5.74) is 4.58. The van der Waals surface area contributed by atoms with Crippen LogP contribution < -0.4 is 15.8 Å². The second-order valence-electron chi connectivity index (χ2n) is 12.1. The molecule has 0 aliphatic carbocycles. The number of piperidine rings is 1. The molecule has 0 spiro atoms. The predicted molar refractivity (Wildman–Crippen MR) is 159 cm³/mol. The number of anilines is 1. The highest BCUT2D eigenvalue weighted by molar-refractivity contribution is 5.83. The lowest BCUT2D eigenvalue weighted by atomic mass is 9.70. The van der Waals surface area contributed by atoms with E-state index in [0.717, 1.165) is 46.6 Å². The van der Waals surface area contributed by atoms with Crippen LogP contribution in [0.4, 0.5) is 11.4 Å². The van der Waals surface area contributed by atoms with Gasteiger partial charge >= 0.3 is 0 Å². The molecule has 10 heteroatoms. The minimum Gasteiger partial charge on any atom is -0.366 e. The normalized spacial score (nSPS) is 23.8. The van der Waals surface area contributed by atoms with Gasteiger partial charge in [-0.25, -0.2) is 4.98 Å². The van der Waals surface area contributed by atoms with Gasteiger partial charge in [-0.05, 0) is 54.5 Å². The van der Waals surface area contributed by atoms with Gasteiger partial charge in [-0.2, -0.15) is 0 Å². The zero-order chi connectivity index (χ0) is 29.1. The smallest absolute Gasteiger partial charge is 0.269 e. The zero-order valence-electron chi connectivity index (χ0n) is 23.7. The fourth-order valence-corrected chi connectivity index (χ4v) is 7.55. The Labute approximate surface area is 242 Å². The number of aromatic nitrogens is 3. The number of hydrogen-bond acceptors (Lipinski definition) is 6. The lowest BCUT2D eigenvalue weighted by Crippen LogP contribution is -2.61. The predicted octanol–water partition coefficient (Wildman–Crippen LogP) is 4.70. The van der Waals surface area contributed by atoms with E-state index in [2.05, 4.69) is 29.0 Å². The molecule has 0 unspecified atom stereocenters. The van der Waals surface area contributed by atoms with Crippen LogP contribution in [0.3, 0.4) is 0 Å². The molecule has 0 saturated carbocycles. The molecule has 1 fully saturated rings. The third-order valence-electron chi connectivity index (χ3n) is 9.75. The van der Waals surface area contributed by atoms with Crippen LogP contribution in [-0.4, -0.2) is 38.0 Å². The average Bonchev–Trinajstić information content (AvgIpc) is 3.43. The van der Waals surface area contributed by atoms with Crippen LogP contribution in [0, 0.1) is 27.9 Å². The molecule has 42 heavy (non-hydrogen) atoms. The van der Waals surface area contributed by atoms with E-state index in [1.807, 2.05) is 47.0 Å². The van der Waals surface area contributed by atoms with Crippen molar-refractivity contribution < 1.29 is 9.72 Å². The summed E-state index contributed by atoms with van der Waals surface area (Å²) in [6, 6.07) is 17.8. The molecule has 1 amide bonds. The first kappa shape index (κ1) is 26.4. The average molecular weight is 567 g/mol. The number of amides is 1. The first-order valence-electron chi connectivity index (χ1n) is 14.8. The zero-order valence-corrected chi connectivity index (χ0v) is 23.7. The standard InChI is InChI=1S/C32H34N6O4/c1-3-18(2)29(31-33-24-7-4-5-8-25(24)34-31)35-32(40)23-15-19-14-22(38(41)42)11-12-27(19)37-16-20-13-21(30(23)37)17-36-26(20)9-6-10-28(36)39/h4-12,14,18,20-21,23,29-30H,3,13,15-17H2,1-2H3,(H,33,34)(H,35,40)/t18-,20+,21-,23+,29-,30-/m0/s1. The summed E-state index contributed by atoms with van der Waals surface area (Å²) < 4.78 is 1.88. The molecule has 2 aromatic carbocycles. The van der Waals surface area contributed by atoms with Crippen molar-refractivity contribution in [1.82, 2.24) is 19.9 Å². The van der Waals surface area contributed by atoms with E-state index < -0.39 is 5.92 Å². The van der Waals surface area contributed by atoms with Gasteiger partial charge < -0.3 is 19.8 Å². The SMILES string of the molecule is CC[C@H](C)[C@H](NC(=O)[C@@H]1Cc2cc([N+](=O)[O-])ccc2N2C[C@H]3C[C@@H](Cn4c3cccc4=O)[C@@H]12)c1nc2ccccc2[nH]1. The Hall–Kier alpha value is -4.47. The second-order valence-corrected chi connectivity index (χ2v) is 12.1. The fraction of sp³-hybridized carbons (Fsp3) is 0.406. The van der Waals surface area contributed by atoms with Crippen LogP contribution >= 0.6 is 0 Å². The summed E-state index contributed by atoms with van der Waals surface area (Å²) in [7, 11) is 0. The highest BCUT2D eigenvalue weighted by atomic mass is 16.6. The quantitative estimate of drug-likeness (QED) is 0.257. The van der Waals surface area contributed by atoms with E-state index in [0.29, 0.717) is 19.5 Å². The van der Waals surface area contributed by atoms with Gasteiger partial charge in [0, 0.05) is 54.6 Å². The molecule has 3 aliphatic rings. The van der Waals surface area contributed by atoms with Gasteiger partial charge in [-0.15, -0.1) is 0 Å². The van der Waals surface area contributed by atoms with Crippen molar-refractivity contribution >= 4 is 28.3 Å². The number of non-ortho nitro benzene ring substituents is 1. The van der Waals surface area contributed by atoms with Crippen LogP contribution in [0.25, 0.3) is 11.0 Å². The number of pyridine rings is 1. The molecule has 3 aliphatic heterocycles. The Morgan fingerprint density at radius 1 is 1.17 bits per heavy atom. The molecular formula is C32H34N6O4. The lowest BCUT2D eigenvalue weighted by Gasteiger charge is -2.54. The summed E-state index contributed by atoms with van der Waals surface area (Å²) in [6.45, 7) is 5.41. The summed E-state index contributed by atoms with van der Waals surface area (Å²) in [6.07, 6.45) is 2.14. The number of carbonyl (C=O) groups is 1. The number of fused-ring (bicyclic) bond motifs is 9. The van der Waals surface area contributed by atoms with Crippen LogP contribution in [-0.2, 0) is 17.8 Å². The summed E-state index contributed by atoms with van der Waals surface area (Å²) in [5.74, 6) is 0.550. The maximum absolute atomic E-state index is 14.4. The molecule has 6 atom stereocenters. The third kappa shape index (κ3) is 4.28. The van der Waals surface area contributed by atoms with Crippen LogP contribution in [0.5, 0.6) is 0 Å². The third-order valence-corrected chi connectivity index (χ3v) is 9.75. The Bertz CT molecular complexity index is 1730. The second kappa shape index (κ2) is 10.1. The van der Waals surface area contributed by atoms with E-state index in [4.69, 9.17) is 4.98 Å². The Morgan fingerprint density at radius 2 is 2.00 bits per heavy atom. The Balaban J connectivity index is 1.28. The number of nitro benzene ring substituents is 1. The molecule has 5 heterocycles. The minimum absolute atomic E-state index is 0.00907. The molecule has 4 aromatic rings. The number of nitrogens with zero attached hydrogens (tertiary/aromatic N) is 4. The highest BCUT2D eigenvalue weighted by Gasteiger charge is 2.49. The topological polar surface area (TPSA) is 126 Å². The van der Waals surface area contributed by atoms with Crippen LogP contribution in [0.2, 0.25) is 0 Å². The van der Waals surface area contributed by atoms with Gasteiger partial charge in [-0.3, -0.25) is 19.7 Å². The number of aromatic amines is 1. The van der Waals surface area contributed by atoms with Gasteiger partial charge in [0.15, 0.2) is 0 Å². The van der Waals surface area contributed by atoms with Gasteiger partial charge in [0.05, 0.1) is 27.9 Å². The number of benzene rings is 2. The Morgan fingerprint density at radius 3 is 2.79 bits per heavy atom. The van der Waals surface area contributed by atoms with Crippen molar-refractivity contribution in [2.45, 2.75) is 57.7 Å². The monoisotopic (exact) mass is 566 g/mol. The molecule has 0 radical (unpaired) electrons. The van der Waals surface area contributed by atoms with E-state index >= 15 is 0 Å². The van der Waals surface area contributed by atoms with Crippen LogP contribution in [0.1, 0.15) is 55.7 Å². The largest absolute Gasteiger partial charge is 0.366 e. The molecule has 2 bridgehead atoms. The summed E-state index contributed by atoms with van der Waals surface area (Å²) >= 11 is 0. The number of H-pyrrole nitrogens is 1. The number of para-hydroxylation sites is 2. The maximum Gasteiger partial charge on any atom is 0.269 e. The molecule has 2 aromatic heterocycles. The van der Waals surface area contributed by atoms with Crippen molar-refractivity contribution in [2.24, 2.45) is 17.8 Å². The van der Waals surface area contributed by atoms with E-state index in [1.54, 1.807) is 18.2 Å². The van der Waals surface area contributed by atoms with Gasteiger partial charge in [0.1, 0.15) is 5.82 Å². The summed E-state index contributed by atoms with van der Waals surface area (Å²) in [4.78, 5) is 49.1. The number of carbonyl (C=O) groups excluding carboxylic acids is 1. The van der Waals surface area contributed by atoms with E-state index in [-0.39, 0.29) is 51.9 Å². The van der Waals surface area contributed by atoms with Gasteiger partial charge in [-0.1, -0.05) is 38.5 Å². The molecular weight excluding hydrogens is 532 g/mol. The number of rotatable bonds is 6. The number of nitro groups is 1. The van der Waals surface area contributed by atoms with Crippen molar-refractivity contribution in [3.63, 3.8) is 0 Å².